The van der Waals surface area contributed by atoms with Crippen LogP contribution in [-0.4, -0.2) is 3.92 Å². The Morgan fingerprint density at radius 3 is 2.36 bits per heavy atom. The third-order valence-corrected chi connectivity index (χ3v) is 2.83. The summed E-state index contributed by atoms with van der Waals surface area (Å²) in [6.07, 6.45) is 0. The Balaban J connectivity index is 2.39. The molecule has 1 radical (unpaired) electrons. The molecule has 1 aromatic carbocycles. The molecule has 0 saturated heterocycles. The highest BCUT2D eigenvalue weighted by molar-refractivity contribution is 14.2. The average molecular weight is 263 g/mol. The fraction of sp³-hybridized carbons (Fsp3) is 0.333. The summed E-state index contributed by atoms with van der Waals surface area (Å²) in [6.45, 7) is 4.38. The summed E-state index contributed by atoms with van der Waals surface area (Å²) in [5, 5.41) is 0. The van der Waals surface area contributed by atoms with Crippen LogP contribution in [-0.2, 0) is 0 Å². The van der Waals surface area contributed by atoms with Crippen LogP contribution in [0.2, 0.25) is 0 Å². The molecule has 0 saturated carbocycles. The minimum atomic E-state index is -0.113. The average Bonchev–Trinajstić information content (AvgIpc) is 2.03. The van der Waals surface area contributed by atoms with E-state index in [1.54, 1.807) is 0 Å². The number of benzene rings is 1. The standard InChI is InChI=1S/C9H12IO/c1-8(2)10-11-9-6-4-3-5-7-9/h3-8H,1-2H3. The van der Waals surface area contributed by atoms with Crippen molar-refractivity contribution in [2.75, 3.05) is 0 Å². The predicted octanol–water partition coefficient (Wildman–Crippen LogP) is 3.36. The molecule has 0 N–H and O–H groups in total. The maximum Gasteiger partial charge on any atom is 0.132 e. The van der Waals surface area contributed by atoms with Crippen LogP contribution in [0, 0.1) is 0 Å². The summed E-state index contributed by atoms with van der Waals surface area (Å²) in [4.78, 5) is 0. The number of rotatable bonds is 3. The molecule has 0 unspecified atom stereocenters. The smallest absolute Gasteiger partial charge is 0.132 e. The largest absolute Gasteiger partial charge is 0.440 e. The van der Waals surface area contributed by atoms with Gasteiger partial charge in [0, 0.05) is 3.92 Å². The predicted molar refractivity (Wildman–Crippen MR) is 56.2 cm³/mol. The third-order valence-electron chi connectivity index (χ3n) is 1.06. The van der Waals surface area contributed by atoms with Crippen molar-refractivity contribution in [3.05, 3.63) is 30.3 Å². The summed E-state index contributed by atoms with van der Waals surface area (Å²) in [6, 6.07) is 10.0. The normalized spacial score (nSPS) is 10.1. The molecule has 0 atom stereocenters. The molecule has 0 fully saturated rings. The van der Waals surface area contributed by atoms with E-state index in [4.69, 9.17) is 3.07 Å². The van der Waals surface area contributed by atoms with Gasteiger partial charge in [-0.25, -0.2) is 0 Å². The molecule has 0 aliphatic heterocycles. The van der Waals surface area contributed by atoms with Gasteiger partial charge in [-0.15, -0.1) is 0 Å². The van der Waals surface area contributed by atoms with Gasteiger partial charge in [0.25, 0.3) is 0 Å². The molecular formula is C9H12IO. The van der Waals surface area contributed by atoms with Gasteiger partial charge in [0.2, 0.25) is 0 Å². The summed E-state index contributed by atoms with van der Waals surface area (Å²) in [5.41, 5.74) is 0. The van der Waals surface area contributed by atoms with Gasteiger partial charge in [-0.3, -0.25) is 0 Å². The zero-order chi connectivity index (χ0) is 8.10. The van der Waals surface area contributed by atoms with Crippen LogP contribution in [0.3, 0.4) is 0 Å². The van der Waals surface area contributed by atoms with Crippen LogP contribution in [0.15, 0.2) is 30.3 Å². The SMILES string of the molecule is CC(C)[I]Oc1ccccc1. The Morgan fingerprint density at radius 2 is 1.82 bits per heavy atom. The van der Waals surface area contributed by atoms with Crippen molar-refractivity contribution in [1.29, 1.82) is 0 Å². The maximum absolute atomic E-state index is 5.58. The number of hydrogen-bond donors (Lipinski definition) is 0. The van der Waals surface area contributed by atoms with Crippen molar-refractivity contribution < 1.29 is 3.07 Å². The first kappa shape index (κ1) is 8.84. The number of alkyl halides is 1. The summed E-state index contributed by atoms with van der Waals surface area (Å²) < 4.78 is 6.28. The molecule has 0 aliphatic rings. The van der Waals surface area contributed by atoms with E-state index in [1.807, 2.05) is 30.3 Å². The Bertz CT molecular complexity index is 196. The van der Waals surface area contributed by atoms with Crippen LogP contribution < -0.4 is 3.07 Å². The second-order valence-corrected chi connectivity index (χ2v) is 5.93. The highest BCUT2D eigenvalue weighted by Gasteiger charge is 1.96. The van der Waals surface area contributed by atoms with E-state index >= 15 is 0 Å². The molecule has 1 rings (SSSR count). The molecule has 2 heteroatoms. The second kappa shape index (κ2) is 4.59. The summed E-state index contributed by atoms with van der Waals surface area (Å²) >= 11 is -0.113. The lowest BCUT2D eigenvalue weighted by Crippen LogP contribution is -1.87. The third kappa shape index (κ3) is 3.60. The van der Waals surface area contributed by atoms with Crippen molar-refractivity contribution in [3.8, 4) is 5.75 Å². The van der Waals surface area contributed by atoms with Crippen LogP contribution in [0.5, 0.6) is 5.75 Å². The quantitative estimate of drug-likeness (QED) is 0.600. The summed E-state index contributed by atoms with van der Waals surface area (Å²) in [7, 11) is 0. The summed E-state index contributed by atoms with van der Waals surface area (Å²) in [5.74, 6) is 1.01. The number of hydrogen-bond acceptors (Lipinski definition) is 1. The highest BCUT2D eigenvalue weighted by atomic mass is 127. The monoisotopic (exact) mass is 263 g/mol. The molecule has 0 aromatic heterocycles. The Morgan fingerprint density at radius 1 is 1.18 bits per heavy atom. The minimum absolute atomic E-state index is 0.113. The molecule has 61 valence electrons. The Kier molecular flexibility index (Phi) is 3.69. The van der Waals surface area contributed by atoms with Crippen molar-refractivity contribution in [2.24, 2.45) is 0 Å². The van der Waals surface area contributed by atoms with E-state index in [2.05, 4.69) is 13.8 Å². The zero-order valence-corrected chi connectivity index (χ0v) is 8.91. The topological polar surface area (TPSA) is 9.23 Å². The van der Waals surface area contributed by atoms with E-state index in [1.165, 1.54) is 0 Å². The molecule has 11 heavy (non-hydrogen) atoms. The first-order valence-electron chi connectivity index (χ1n) is 3.64. The lowest BCUT2D eigenvalue weighted by Gasteiger charge is -2.04. The highest BCUT2D eigenvalue weighted by Crippen LogP contribution is 2.24. The molecule has 0 amide bonds. The van der Waals surface area contributed by atoms with E-state index in [-0.39, 0.29) is 21.6 Å². The Labute approximate surface area is 78.6 Å². The lowest BCUT2D eigenvalue weighted by molar-refractivity contribution is 0.711. The molecule has 0 aliphatic carbocycles. The van der Waals surface area contributed by atoms with Gasteiger partial charge in [0.1, 0.15) is 5.75 Å². The van der Waals surface area contributed by atoms with Gasteiger partial charge in [-0.2, -0.15) is 0 Å². The molecule has 1 aromatic rings. The van der Waals surface area contributed by atoms with Crippen molar-refractivity contribution in [1.82, 2.24) is 0 Å². The fourth-order valence-corrected chi connectivity index (χ4v) is 1.71. The minimum Gasteiger partial charge on any atom is -0.440 e. The van der Waals surface area contributed by atoms with Crippen molar-refractivity contribution >= 4 is 21.6 Å². The van der Waals surface area contributed by atoms with Gasteiger partial charge in [0.05, 0.1) is 21.6 Å². The Hall–Kier alpha value is -0.250. The first-order chi connectivity index (χ1) is 5.29. The van der Waals surface area contributed by atoms with Gasteiger partial charge < -0.3 is 3.07 Å². The fourth-order valence-electron chi connectivity index (χ4n) is 0.612. The molecule has 1 nitrogen and oxygen atoms in total. The van der Waals surface area contributed by atoms with Gasteiger partial charge in [-0.05, 0) is 12.1 Å². The molecule has 0 spiro atoms. The van der Waals surface area contributed by atoms with Crippen molar-refractivity contribution in [3.63, 3.8) is 0 Å². The van der Waals surface area contributed by atoms with Crippen LogP contribution >= 0.6 is 21.6 Å². The van der Waals surface area contributed by atoms with Crippen molar-refractivity contribution in [2.45, 2.75) is 17.8 Å². The first-order valence-corrected chi connectivity index (χ1v) is 5.77. The molecule has 0 heterocycles. The van der Waals surface area contributed by atoms with E-state index in [0.717, 1.165) is 5.75 Å². The maximum atomic E-state index is 5.58. The van der Waals surface area contributed by atoms with Gasteiger partial charge in [-0.1, -0.05) is 32.0 Å². The second-order valence-electron chi connectivity index (χ2n) is 2.49. The van der Waals surface area contributed by atoms with E-state index in [0.29, 0.717) is 3.92 Å². The van der Waals surface area contributed by atoms with Gasteiger partial charge >= 0.3 is 0 Å². The van der Waals surface area contributed by atoms with Crippen LogP contribution in [0.4, 0.5) is 0 Å². The number of halogens is 1. The van der Waals surface area contributed by atoms with Gasteiger partial charge in [0.15, 0.2) is 0 Å². The van der Waals surface area contributed by atoms with E-state index < -0.39 is 0 Å². The molecule has 0 bridgehead atoms. The zero-order valence-electron chi connectivity index (χ0n) is 6.75. The van der Waals surface area contributed by atoms with E-state index in [9.17, 15) is 0 Å². The van der Waals surface area contributed by atoms with Crippen LogP contribution in [0.1, 0.15) is 13.8 Å². The number of para-hydroxylation sites is 1. The molecular weight excluding hydrogens is 251 g/mol. The van der Waals surface area contributed by atoms with Crippen LogP contribution in [0.25, 0.3) is 0 Å². The lowest BCUT2D eigenvalue weighted by atomic mass is 10.3.